The molecule has 1 amide bonds. The fourth-order valence-corrected chi connectivity index (χ4v) is 4.02. The fraction of sp³-hybridized carbons (Fsp3) is 0.130. The molecule has 0 aliphatic rings. The van der Waals surface area contributed by atoms with E-state index in [1.54, 1.807) is 41.4 Å². The molecule has 0 bridgehead atoms. The van der Waals surface area contributed by atoms with E-state index in [2.05, 4.69) is 15.0 Å². The van der Waals surface area contributed by atoms with E-state index >= 15 is 0 Å². The Hall–Kier alpha value is -3.45. The van der Waals surface area contributed by atoms with Crippen molar-refractivity contribution in [2.45, 2.75) is 23.4 Å². The van der Waals surface area contributed by atoms with Crippen LogP contribution >= 0.6 is 11.8 Å². The van der Waals surface area contributed by atoms with Gasteiger partial charge in [-0.1, -0.05) is 42.1 Å². The second kappa shape index (κ2) is 8.92. The molecule has 2 aromatic heterocycles. The maximum atomic E-state index is 13.3. The van der Waals surface area contributed by atoms with Gasteiger partial charge in [-0.05, 0) is 43.3 Å². The van der Waals surface area contributed by atoms with E-state index in [4.69, 9.17) is 0 Å². The van der Waals surface area contributed by atoms with Gasteiger partial charge >= 0.3 is 0 Å². The summed E-state index contributed by atoms with van der Waals surface area (Å²) in [7, 11) is 0. The average molecular weight is 417 g/mol. The molecule has 4 aromatic rings. The maximum Gasteiger partial charge on any atom is 0.258 e. The molecule has 0 atom stereocenters. The number of fused-ring (bicyclic) bond motifs is 1. The van der Waals surface area contributed by atoms with Crippen molar-refractivity contribution >= 4 is 28.6 Å². The van der Waals surface area contributed by atoms with Crippen LogP contribution < -0.4 is 5.56 Å². The quantitative estimate of drug-likeness (QED) is 0.511. The molecule has 4 rings (SSSR count). The average Bonchev–Trinajstić information content (AvgIpc) is 2.78. The maximum absolute atomic E-state index is 13.3. The summed E-state index contributed by atoms with van der Waals surface area (Å²) in [5, 5.41) is 1.18. The number of para-hydroxylation sites is 1. The number of benzene rings is 2. The smallest absolute Gasteiger partial charge is 0.258 e. The molecule has 0 spiro atoms. The number of rotatable bonds is 6. The van der Waals surface area contributed by atoms with Crippen LogP contribution in [0.1, 0.15) is 23.1 Å². The molecule has 0 saturated carbocycles. The minimum Gasteiger partial charge on any atom is -0.331 e. The summed E-state index contributed by atoms with van der Waals surface area (Å²) in [6.07, 6.45) is 1.68. The molecule has 0 aliphatic heterocycles. The lowest BCUT2D eigenvalue weighted by molar-refractivity contribution is 0.0744. The lowest BCUT2D eigenvalue weighted by atomic mass is 10.2. The summed E-state index contributed by atoms with van der Waals surface area (Å²) < 4.78 is 0. The Bertz CT molecular complexity index is 1240. The third kappa shape index (κ3) is 4.26. The number of aromatic amines is 1. The number of hydrogen-bond acceptors (Lipinski definition) is 5. The Balaban J connectivity index is 1.62. The van der Waals surface area contributed by atoms with Gasteiger partial charge < -0.3 is 9.88 Å². The highest BCUT2D eigenvalue weighted by atomic mass is 32.2. The van der Waals surface area contributed by atoms with Crippen LogP contribution in [0, 0.1) is 0 Å². The van der Waals surface area contributed by atoms with Gasteiger partial charge in [0.15, 0.2) is 0 Å². The van der Waals surface area contributed by atoms with Crippen molar-refractivity contribution < 1.29 is 4.79 Å². The highest BCUT2D eigenvalue weighted by Crippen LogP contribution is 2.29. The van der Waals surface area contributed by atoms with Gasteiger partial charge in [0.2, 0.25) is 0 Å². The summed E-state index contributed by atoms with van der Waals surface area (Å²) in [6.45, 7) is 2.58. The van der Waals surface area contributed by atoms with Crippen molar-refractivity contribution in [1.29, 1.82) is 0 Å². The van der Waals surface area contributed by atoms with E-state index in [1.807, 2.05) is 43.3 Å². The standard InChI is InChI=1S/C23H20N4O2S/c1-2-27(15-20-25-19-13-7-6-11-17(19)21(28)26-20)23(29)18-12-8-14-24-22(18)30-16-9-4-3-5-10-16/h3-14H,2,15H2,1H3,(H,25,26,28). The van der Waals surface area contributed by atoms with Crippen LogP contribution in [0.5, 0.6) is 0 Å². The molecule has 0 fully saturated rings. The number of carbonyl (C=O) groups excluding carboxylic acids is 1. The summed E-state index contributed by atoms with van der Waals surface area (Å²) in [5.74, 6) is 0.301. The Morgan fingerprint density at radius 2 is 1.80 bits per heavy atom. The van der Waals surface area contributed by atoms with E-state index in [1.165, 1.54) is 11.8 Å². The van der Waals surface area contributed by atoms with Crippen LogP contribution in [-0.4, -0.2) is 32.3 Å². The SMILES string of the molecule is CCN(Cc1nc2ccccc2c(=O)[nH]1)C(=O)c1cccnc1Sc1ccccc1. The zero-order valence-corrected chi connectivity index (χ0v) is 17.2. The summed E-state index contributed by atoms with van der Waals surface area (Å²) >= 11 is 1.45. The van der Waals surface area contributed by atoms with Crippen LogP contribution in [0.25, 0.3) is 10.9 Å². The van der Waals surface area contributed by atoms with Crippen LogP contribution in [0.3, 0.4) is 0 Å². The number of H-pyrrole nitrogens is 1. The van der Waals surface area contributed by atoms with E-state index in [-0.39, 0.29) is 18.0 Å². The molecule has 1 N–H and O–H groups in total. The van der Waals surface area contributed by atoms with Gasteiger partial charge in [0.05, 0.1) is 23.0 Å². The van der Waals surface area contributed by atoms with Crippen LogP contribution in [0.15, 0.2) is 87.6 Å². The van der Waals surface area contributed by atoms with E-state index in [9.17, 15) is 9.59 Å². The van der Waals surface area contributed by atoms with Gasteiger partial charge in [0.1, 0.15) is 10.9 Å². The second-order valence-electron chi connectivity index (χ2n) is 6.62. The third-order valence-corrected chi connectivity index (χ3v) is 5.66. The van der Waals surface area contributed by atoms with Crippen molar-refractivity contribution in [1.82, 2.24) is 19.9 Å². The Labute approximate surface area is 178 Å². The van der Waals surface area contributed by atoms with Crippen LogP contribution in [0.4, 0.5) is 0 Å². The minimum absolute atomic E-state index is 0.153. The topological polar surface area (TPSA) is 79.0 Å². The van der Waals surface area contributed by atoms with Gasteiger partial charge in [0, 0.05) is 17.6 Å². The molecular formula is C23H20N4O2S. The monoisotopic (exact) mass is 416 g/mol. The van der Waals surface area contributed by atoms with Gasteiger partial charge in [-0.2, -0.15) is 0 Å². The first-order valence-corrected chi connectivity index (χ1v) is 10.4. The fourth-order valence-electron chi connectivity index (χ4n) is 3.12. The minimum atomic E-state index is -0.208. The highest BCUT2D eigenvalue weighted by Gasteiger charge is 2.20. The normalized spacial score (nSPS) is 10.8. The van der Waals surface area contributed by atoms with Crippen molar-refractivity contribution in [3.8, 4) is 0 Å². The second-order valence-corrected chi connectivity index (χ2v) is 7.68. The molecule has 6 nitrogen and oxygen atoms in total. The summed E-state index contributed by atoms with van der Waals surface area (Å²) in [5.41, 5.74) is 0.929. The predicted molar refractivity (Wildman–Crippen MR) is 118 cm³/mol. The zero-order chi connectivity index (χ0) is 20.9. The highest BCUT2D eigenvalue weighted by molar-refractivity contribution is 7.99. The predicted octanol–water partition coefficient (Wildman–Crippen LogP) is 4.13. The van der Waals surface area contributed by atoms with Crippen molar-refractivity contribution in [3.63, 3.8) is 0 Å². The molecular weight excluding hydrogens is 396 g/mol. The molecule has 7 heteroatoms. The number of carbonyl (C=O) groups is 1. The lowest BCUT2D eigenvalue weighted by Gasteiger charge is -2.21. The molecule has 0 saturated heterocycles. The summed E-state index contributed by atoms with van der Waals surface area (Å²) in [6, 6.07) is 20.5. The van der Waals surface area contributed by atoms with Gasteiger partial charge in [0.25, 0.3) is 11.5 Å². The molecule has 2 heterocycles. The van der Waals surface area contributed by atoms with Crippen molar-refractivity contribution in [3.05, 3.63) is 94.7 Å². The molecule has 150 valence electrons. The first-order chi connectivity index (χ1) is 14.7. The molecule has 30 heavy (non-hydrogen) atoms. The largest absolute Gasteiger partial charge is 0.331 e. The van der Waals surface area contributed by atoms with Crippen molar-refractivity contribution in [2.75, 3.05) is 6.54 Å². The molecule has 0 radical (unpaired) electrons. The molecule has 2 aromatic carbocycles. The van der Waals surface area contributed by atoms with Gasteiger partial charge in [-0.3, -0.25) is 9.59 Å². The van der Waals surface area contributed by atoms with Crippen molar-refractivity contribution in [2.24, 2.45) is 0 Å². The molecule has 0 unspecified atom stereocenters. The Morgan fingerprint density at radius 1 is 1.03 bits per heavy atom. The van der Waals surface area contributed by atoms with Crippen LogP contribution in [-0.2, 0) is 6.54 Å². The Morgan fingerprint density at radius 3 is 2.60 bits per heavy atom. The number of pyridine rings is 1. The van der Waals surface area contributed by atoms with Crippen LogP contribution in [0.2, 0.25) is 0 Å². The number of amides is 1. The van der Waals surface area contributed by atoms with E-state index < -0.39 is 0 Å². The first-order valence-electron chi connectivity index (χ1n) is 9.61. The number of hydrogen-bond donors (Lipinski definition) is 1. The lowest BCUT2D eigenvalue weighted by Crippen LogP contribution is -2.32. The first kappa shape index (κ1) is 19.8. The van der Waals surface area contributed by atoms with E-state index in [0.717, 1.165) is 4.90 Å². The van der Waals surface area contributed by atoms with Gasteiger partial charge in [-0.15, -0.1) is 0 Å². The Kier molecular flexibility index (Phi) is 5.90. The number of nitrogens with zero attached hydrogens (tertiary/aromatic N) is 3. The van der Waals surface area contributed by atoms with E-state index in [0.29, 0.717) is 33.9 Å². The van der Waals surface area contributed by atoms with Gasteiger partial charge in [-0.25, -0.2) is 9.97 Å². The summed E-state index contributed by atoms with van der Waals surface area (Å²) in [4.78, 5) is 40.0. The number of nitrogens with one attached hydrogen (secondary N) is 1. The number of aromatic nitrogens is 3. The molecule has 0 aliphatic carbocycles. The third-order valence-electron chi connectivity index (χ3n) is 4.63. The zero-order valence-electron chi connectivity index (χ0n) is 16.4.